The van der Waals surface area contributed by atoms with E-state index in [0.29, 0.717) is 18.7 Å². The number of carbonyl (C=O) groups is 2. The van der Waals surface area contributed by atoms with Crippen LogP contribution in [0.15, 0.2) is 24.3 Å². The number of hydrogen-bond donors (Lipinski definition) is 1. The van der Waals surface area contributed by atoms with Gasteiger partial charge in [0.1, 0.15) is 11.9 Å². The molecule has 1 fully saturated rings. The molecule has 0 saturated carbocycles. The summed E-state index contributed by atoms with van der Waals surface area (Å²) >= 11 is 1.29. The molecule has 132 valence electrons. The second-order valence-electron chi connectivity index (χ2n) is 5.15. The van der Waals surface area contributed by atoms with Crippen molar-refractivity contribution in [2.45, 2.75) is 11.6 Å². The number of ether oxygens (including phenoxy) is 1. The Balaban J connectivity index is 2.05. The summed E-state index contributed by atoms with van der Waals surface area (Å²) in [7, 11) is 1.51. The molecule has 1 aromatic rings. The Hall–Kier alpha value is -1.74. The first-order valence-corrected chi connectivity index (χ1v) is 8.21. The second-order valence-corrected chi connectivity index (χ2v) is 6.22. The Kier molecular flexibility index (Phi) is 6.11. The Morgan fingerprint density at radius 1 is 1.38 bits per heavy atom. The Morgan fingerprint density at radius 2 is 2.04 bits per heavy atom. The topological polar surface area (TPSA) is 58.6 Å². The van der Waals surface area contributed by atoms with Gasteiger partial charge in [-0.15, -0.1) is 11.8 Å². The van der Waals surface area contributed by atoms with Gasteiger partial charge in [-0.2, -0.15) is 13.2 Å². The second kappa shape index (κ2) is 7.89. The first kappa shape index (κ1) is 18.6. The quantitative estimate of drug-likeness (QED) is 0.787. The van der Waals surface area contributed by atoms with Crippen LogP contribution < -0.4 is 5.32 Å². The zero-order valence-electron chi connectivity index (χ0n) is 12.9. The molecule has 0 spiro atoms. The molecule has 1 aliphatic heterocycles. The van der Waals surface area contributed by atoms with E-state index >= 15 is 0 Å². The van der Waals surface area contributed by atoms with E-state index in [0.717, 1.165) is 12.1 Å². The van der Waals surface area contributed by atoms with Crippen LogP contribution in [0.3, 0.4) is 0 Å². The number of carbonyl (C=O) groups excluding carboxylic acids is 2. The molecule has 1 aromatic carbocycles. The molecule has 9 heteroatoms. The van der Waals surface area contributed by atoms with Crippen molar-refractivity contribution in [2.75, 3.05) is 32.6 Å². The van der Waals surface area contributed by atoms with Gasteiger partial charge in [0.2, 0.25) is 11.8 Å². The van der Waals surface area contributed by atoms with Crippen LogP contribution in [0.1, 0.15) is 16.5 Å². The first-order chi connectivity index (χ1) is 11.3. The number of nitrogens with zero attached hydrogens (tertiary/aromatic N) is 1. The number of hydrogen-bond acceptors (Lipinski definition) is 4. The number of amides is 2. The lowest BCUT2D eigenvalue weighted by molar-refractivity contribution is -0.137. The molecule has 1 saturated heterocycles. The smallest absolute Gasteiger partial charge is 0.383 e. The summed E-state index contributed by atoms with van der Waals surface area (Å²) in [5.41, 5.74) is -0.187. The van der Waals surface area contributed by atoms with Crippen molar-refractivity contribution >= 4 is 23.6 Å². The average molecular weight is 362 g/mol. The van der Waals surface area contributed by atoms with Crippen molar-refractivity contribution in [2.24, 2.45) is 0 Å². The van der Waals surface area contributed by atoms with E-state index in [1.54, 1.807) is 0 Å². The Bertz CT molecular complexity index is 593. The van der Waals surface area contributed by atoms with Gasteiger partial charge in [0.25, 0.3) is 0 Å². The summed E-state index contributed by atoms with van der Waals surface area (Å²) < 4.78 is 42.7. The minimum atomic E-state index is -4.40. The number of nitrogens with one attached hydrogen (secondary N) is 1. The van der Waals surface area contributed by atoms with Crippen molar-refractivity contribution in [3.8, 4) is 0 Å². The summed E-state index contributed by atoms with van der Waals surface area (Å²) in [6.07, 6.45) is -4.40. The van der Waals surface area contributed by atoms with Gasteiger partial charge in [-0.25, -0.2) is 0 Å². The van der Waals surface area contributed by atoms with Crippen molar-refractivity contribution < 1.29 is 27.5 Å². The van der Waals surface area contributed by atoms with Crippen LogP contribution in [0.5, 0.6) is 0 Å². The summed E-state index contributed by atoms with van der Waals surface area (Å²) in [5, 5.41) is 2.15. The molecule has 1 unspecified atom stereocenters. The van der Waals surface area contributed by atoms with E-state index < -0.39 is 17.1 Å². The minimum Gasteiger partial charge on any atom is -0.383 e. The molecule has 0 bridgehead atoms. The molecule has 0 aromatic heterocycles. The highest BCUT2D eigenvalue weighted by atomic mass is 32.2. The van der Waals surface area contributed by atoms with Crippen LogP contribution in [0, 0.1) is 0 Å². The molecular formula is C15H17F3N2O3S. The molecule has 0 radical (unpaired) electrons. The van der Waals surface area contributed by atoms with Gasteiger partial charge in [-0.05, 0) is 17.7 Å². The van der Waals surface area contributed by atoms with Gasteiger partial charge < -0.3 is 15.0 Å². The molecule has 1 N–H and O–H groups in total. The Morgan fingerprint density at radius 3 is 2.62 bits per heavy atom. The van der Waals surface area contributed by atoms with Crippen LogP contribution in [-0.2, 0) is 20.5 Å². The predicted molar refractivity (Wildman–Crippen MR) is 83.2 cm³/mol. The number of rotatable bonds is 6. The third-order valence-electron chi connectivity index (χ3n) is 3.43. The maximum absolute atomic E-state index is 12.6. The number of halogens is 3. The van der Waals surface area contributed by atoms with Gasteiger partial charge in [0.05, 0.1) is 17.9 Å². The van der Waals surface area contributed by atoms with Crippen LogP contribution in [-0.4, -0.2) is 49.3 Å². The highest BCUT2D eigenvalue weighted by molar-refractivity contribution is 8.00. The molecule has 2 amide bonds. The van der Waals surface area contributed by atoms with E-state index in [1.165, 1.54) is 35.9 Å². The first-order valence-electron chi connectivity index (χ1n) is 7.17. The van der Waals surface area contributed by atoms with E-state index in [1.807, 2.05) is 0 Å². The molecule has 1 aliphatic rings. The fourth-order valence-electron chi connectivity index (χ4n) is 2.24. The zero-order chi connectivity index (χ0) is 17.7. The summed E-state index contributed by atoms with van der Waals surface area (Å²) in [4.78, 5) is 25.2. The predicted octanol–water partition coefficient (Wildman–Crippen LogP) is 2.04. The number of methoxy groups -OCH3 is 1. The van der Waals surface area contributed by atoms with Crippen LogP contribution >= 0.6 is 11.8 Å². The number of benzene rings is 1. The molecule has 0 aliphatic carbocycles. The normalized spacial score (nSPS) is 18.1. The fourth-order valence-corrected chi connectivity index (χ4v) is 3.43. The third kappa shape index (κ3) is 4.64. The minimum absolute atomic E-state index is 0.138. The zero-order valence-corrected chi connectivity index (χ0v) is 13.7. The maximum atomic E-state index is 12.6. The Labute approximate surface area is 141 Å². The SMILES string of the molecule is COCCNC(=O)CN1C(=O)CSC1c1ccc(C(F)(F)F)cc1. The molecule has 5 nitrogen and oxygen atoms in total. The summed E-state index contributed by atoms with van der Waals surface area (Å²) in [5.74, 6) is -0.358. The highest BCUT2D eigenvalue weighted by Gasteiger charge is 2.35. The number of alkyl halides is 3. The lowest BCUT2D eigenvalue weighted by atomic mass is 10.1. The van der Waals surface area contributed by atoms with Gasteiger partial charge in [-0.3, -0.25) is 9.59 Å². The van der Waals surface area contributed by atoms with Crippen LogP contribution in [0.2, 0.25) is 0 Å². The molecule has 24 heavy (non-hydrogen) atoms. The van der Waals surface area contributed by atoms with Crippen LogP contribution in [0.25, 0.3) is 0 Å². The third-order valence-corrected chi connectivity index (χ3v) is 4.69. The molecule has 1 heterocycles. The fraction of sp³-hybridized carbons (Fsp3) is 0.467. The highest BCUT2D eigenvalue weighted by Crippen LogP contribution is 2.39. The average Bonchev–Trinajstić information content (AvgIpc) is 2.88. The van der Waals surface area contributed by atoms with Crippen LogP contribution in [0.4, 0.5) is 13.2 Å². The number of thioether (sulfide) groups is 1. The van der Waals surface area contributed by atoms with E-state index in [9.17, 15) is 22.8 Å². The lowest BCUT2D eigenvalue weighted by Crippen LogP contribution is -2.40. The van der Waals surface area contributed by atoms with Gasteiger partial charge in [0.15, 0.2) is 0 Å². The van der Waals surface area contributed by atoms with Gasteiger partial charge in [0, 0.05) is 13.7 Å². The molecular weight excluding hydrogens is 345 g/mol. The van der Waals surface area contributed by atoms with Gasteiger partial charge >= 0.3 is 6.18 Å². The molecule has 2 rings (SSSR count). The van der Waals surface area contributed by atoms with Crippen molar-refractivity contribution in [1.82, 2.24) is 10.2 Å². The van der Waals surface area contributed by atoms with Crippen molar-refractivity contribution in [3.63, 3.8) is 0 Å². The maximum Gasteiger partial charge on any atom is 0.416 e. The summed E-state index contributed by atoms with van der Waals surface area (Å²) in [6, 6.07) is 4.65. The van der Waals surface area contributed by atoms with Crippen molar-refractivity contribution in [3.05, 3.63) is 35.4 Å². The standard InChI is InChI=1S/C15H17F3N2O3S/c1-23-7-6-19-12(21)8-20-13(22)9-24-14(20)10-2-4-11(5-3-10)15(16,17)18/h2-5,14H,6-9H2,1H3,(H,19,21). The van der Waals surface area contributed by atoms with E-state index in [2.05, 4.69) is 5.32 Å². The largest absolute Gasteiger partial charge is 0.416 e. The van der Waals surface area contributed by atoms with E-state index in [-0.39, 0.29) is 24.1 Å². The monoisotopic (exact) mass is 362 g/mol. The van der Waals surface area contributed by atoms with Crippen molar-refractivity contribution in [1.29, 1.82) is 0 Å². The van der Waals surface area contributed by atoms with Gasteiger partial charge in [-0.1, -0.05) is 12.1 Å². The van der Waals surface area contributed by atoms with E-state index in [4.69, 9.17) is 4.74 Å². The molecule has 1 atom stereocenters. The lowest BCUT2D eigenvalue weighted by Gasteiger charge is -2.24. The summed E-state index contributed by atoms with van der Waals surface area (Å²) in [6.45, 7) is 0.549.